The molecule has 0 unspecified atom stereocenters. The van der Waals surface area contributed by atoms with E-state index in [1.54, 1.807) is 0 Å². The summed E-state index contributed by atoms with van der Waals surface area (Å²) in [6, 6.07) is 8.25. The number of imide groups is 1. The van der Waals surface area contributed by atoms with Crippen molar-refractivity contribution in [2.45, 2.75) is 44.8 Å². The van der Waals surface area contributed by atoms with Crippen LogP contribution >= 0.6 is 0 Å². The number of nitrogens with zero attached hydrogens (tertiary/aromatic N) is 1. The molecular formula is C19H23N3O7. The monoisotopic (exact) mass is 405 g/mol. The van der Waals surface area contributed by atoms with Gasteiger partial charge in [-0.2, -0.15) is 0 Å². The van der Waals surface area contributed by atoms with Crippen LogP contribution < -0.4 is 10.6 Å². The SMILES string of the molecule is O=CN[C@@H](CCCCNC(=O)OCc1ccccc1)C(=O)ON1C(=O)CCC1=O. The molecule has 1 aliphatic rings. The first-order valence-corrected chi connectivity index (χ1v) is 9.23. The van der Waals surface area contributed by atoms with Gasteiger partial charge in [-0.1, -0.05) is 30.3 Å². The summed E-state index contributed by atoms with van der Waals surface area (Å²) in [4.78, 5) is 62.2. The van der Waals surface area contributed by atoms with Crippen LogP contribution in [0, 0.1) is 0 Å². The second-order valence-corrected chi connectivity index (χ2v) is 6.31. The fourth-order valence-corrected chi connectivity index (χ4v) is 2.60. The molecule has 1 aromatic carbocycles. The minimum atomic E-state index is -1.00. The maximum Gasteiger partial charge on any atom is 0.407 e. The number of hydroxylamine groups is 2. The molecule has 0 aromatic heterocycles. The summed E-state index contributed by atoms with van der Waals surface area (Å²) in [5, 5.41) is 5.34. The Hall–Kier alpha value is -3.43. The van der Waals surface area contributed by atoms with Gasteiger partial charge in [-0.3, -0.25) is 14.4 Å². The molecule has 10 nitrogen and oxygen atoms in total. The van der Waals surface area contributed by atoms with Crippen LogP contribution in [0.25, 0.3) is 0 Å². The van der Waals surface area contributed by atoms with E-state index in [4.69, 9.17) is 9.57 Å². The molecule has 4 amide bonds. The Bertz CT molecular complexity index is 723. The molecule has 2 N–H and O–H groups in total. The molecule has 29 heavy (non-hydrogen) atoms. The molecule has 1 atom stereocenters. The number of benzene rings is 1. The molecule has 1 heterocycles. The predicted molar refractivity (Wildman–Crippen MR) is 98.6 cm³/mol. The second-order valence-electron chi connectivity index (χ2n) is 6.31. The Balaban J connectivity index is 1.64. The highest BCUT2D eigenvalue weighted by Crippen LogP contribution is 2.13. The maximum absolute atomic E-state index is 12.1. The fourth-order valence-electron chi connectivity index (χ4n) is 2.60. The van der Waals surface area contributed by atoms with E-state index in [1.807, 2.05) is 30.3 Å². The number of hydrogen-bond acceptors (Lipinski definition) is 7. The predicted octanol–water partition coefficient (Wildman–Crippen LogP) is 0.805. The van der Waals surface area contributed by atoms with E-state index < -0.39 is 29.9 Å². The van der Waals surface area contributed by atoms with Gasteiger partial charge in [0.25, 0.3) is 11.8 Å². The first kappa shape index (κ1) is 21.9. The van der Waals surface area contributed by atoms with Crippen molar-refractivity contribution in [3.05, 3.63) is 35.9 Å². The van der Waals surface area contributed by atoms with Crippen LogP contribution in [0.3, 0.4) is 0 Å². The molecule has 10 heteroatoms. The number of alkyl carbamates (subject to hydrolysis) is 1. The number of carbonyl (C=O) groups excluding carboxylic acids is 5. The van der Waals surface area contributed by atoms with Gasteiger partial charge in [0.2, 0.25) is 6.41 Å². The normalized spacial score (nSPS) is 14.3. The molecule has 1 aliphatic heterocycles. The van der Waals surface area contributed by atoms with E-state index >= 15 is 0 Å². The third-order valence-corrected chi connectivity index (χ3v) is 4.14. The van der Waals surface area contributed by atoms with Crippen LogP contribution in [0.4, 0.5) is 4.79 Å². The lowest BCUT2D eigenvalue weighted by Gasteiger charge is -2.18. The van der Waals surface area contributed by atoms with Crippen LogP contribution in [0.15, 0.2) is 30.3 Å². The summed E-state index contributed by atoms with van der Waals surface area (Å²) in [6.45, 7) is 0.483. The zero-order valence-electron chi connectivity index (χ0n) is 15.8. The van der Waals surface area contributed by atoms with Gasteiger partial charge in [0, 0.05) is 19.4 Å². The molecule has 0 aliphatic carbocycles. The Morgan fingerprint density at radius 3 is 2.45 bits per heavy atom. The van der Waals surface area contributed by atoms with E-state index in [1.165, 1.54) is 0 Å². The van der Waals surface area contributed by atoms with Gasteiger partial charge >= 0.3 is 12.1 Å². The molecule has 2 rings (SSSR count). The molecule has 0 saturated carbocycles. The minimum Gasteiger partial charge on any atom is -0.445 e. The summed E-state index contributed by atoms with van der Waals surface area (Å²) >= 11 is 0. The molecule has 0 spiro atoms. The van der Waals surface area contributed by atoms with E-state index in [9.17, 15) is 24.0 Å². The lowest BCUT2D eigenvalue weighted by atomic mass is 10.1. The minimum absolute atomic E-state index is 0.00999. The topological polar surface area (TPSA) is 131 Å². The smallest absolute Gasteiger partial charge is 0.407 e. The number of carbonyl (C=O) groups is 5. The average Bonchev–Trinajstić information content (AvgIpc) is 3.04. The van der Waals surface area contributed by atoms with Crippen molar-refractivity contribution in [2.24, 2.45) is 0 Å². The molecule has 1 aromatic rings. The van der Waals surface area contributed by atoms with Gasteiger partial charge in [0.15, 0.2) is 0 Å². The Morgan fingerprint density at radius 1 is 1.10 bits per heavy atom. The lowest BCUT2D eigenvalue weighted by Crippen LogP contribution is -2.42. The highest BCUT2D eigenvalue weighted by molar-refractivity contribution is 6.01. The van der Waals surface area contributed by atoms with Crippen LogP contribution in [0.2, 0.25) is 0 Å². The van der Waals surface area contributed by atoms with Crippen molar-refractivity contribution in [3.63, 3.8) is 0 Å². The van der Waals surface area contributed by atoms with E-state index in [0.717, 1.165) is 5.56 Å². The maximum atomic E-state index is 12.1. The third kappa shape index (κ3) is 7.24. The summed E-state index contributed by atoms with van der Waals surface area (Å²) in [6.07, 6.45) is 0.983. The zero-order valence-corrected chi connectivity index (χ0v) is 15.8. The Morgan fingerprint density at radius 2 is 1.79 bits per heavy atom. The highest BCUT2D eigenvalue weighted by atomic mass is 16.7. The second kappa shape index (κ2) is 11.4. The van der Waals surface area contributed by atoms with Crippen molar-refractivity contribution >= 4 is 30.3 Å². The van der Waals surface area contributed by atoms with E-state index in [2.05, 4.69) is 10.6 Å². The van der Waals surface area contributed by atoms with Crippen molar-refractivity contribution < 1.29 is 33.5 Å². The van der Waals surface area contributed by atoms with Gasteiger partial charge in [0.1, 0.15) is 12.6 Å². The van der Waals surface area contributed by atoms with Gasteiger partial charge in [0.05, 0.1) is 0 Å². The van der Waals surface area contributed by atoms with Crippen molar-refractivity contribution in [3.8, 4) is 0 Å². The summed E-state index contributed by atoms with van der Waals surface area (Å²) in [5.41, 5.74) is 0.874. The van der Waals surface area contributed by atoms with Gasteiger partial charge in [-0.25, -0.2) is 9.59 Å². The number of amides is 4. The van der Waals surface area contributed by atoms with Crippen molar-refractivity contribution in [2.75, 3.05) is 6.54 Å². The molecule has 1 fully saturated rings. The molecule has 156 valence electrons. The van der Waals surface area contributed by atoms with E-state index in [0.29, 0.717) is 30.9 Å². The average molecular weight is 405 g/mol. The van der Waals surface area contributed by atoms with Crippen LogP contribution in [0.5, 0.6) is 0 Å². The first-order valence-electron chi connectivity index (χ1n) is 9.23. The van der Waals surface area contributed by atoms with Crippen LogP contribution in [-0.4, -0.2) is 47.9 Å². The highest BCUT2D eigenvalue weighted by Gasteiger charge is 2.34. The molecule has 0 bridgehead atoms. The standard InChI is InChI=1S/C19H23N3O7/c23-13-21-15(18(26)29-22-16(24)9-10-17(22)25)8-4-5-11-20-19(27)28-12-14-6-2-1-3-7-14/h1-3,6-7,13,15H,4-5,8-12H2,(H,20,27)(H,21,23)/t15-/m0/s1. The summed E-state index contributed by atoms with van der Waals surface area (Å²) in [7, 11) is 0. The van der Waals surface area contributed by atoms with Crippen LogP contribution in [-0.2, 0) is 35.4 Å². The first-order chi connectivity index (χ1) is 14.0. The summed E-state index contributed by atoms with van der Waals surface area (Å²) < 4.78 is 5.07. The quantitative estimate of drug-likeness (QED) is 0.316. The number of hydrogen-bond donors (Lipinski definition) is 2. The number of nitrogens with one attached hydrogen (secondary N) is 2. The number of rotatable bonds is 11. The zero-order chi connectivity index (χ0) is 21.1. The number of ether oxygens (including phenoxy) is 1. The van der Waals surface area contributed by atoms with Gasteiger partial charge in [-0.15, -0.1) is 5.06 Å². The Kier molecular flexibility index (Phi) is 8.61. The lowest BCUT2D eigenvalue weighted by molar-refractivity contribution is -0.199. The fraction of sp³-hybridized carbons (Fsp3) is 0.421. The Labute approximate surface area is 167 Å². The largest absolute Gasteiger partial charge is 0.445 e. The molecule has 1 saturated heterocycles. The third-order valence-electron chi connectivity index (χ3n) is 4.14. The number of unbranched alkanes of at least 4 members (excludes halogenated alkanes) is 1. The molecule has 0 radical (unpaired) electrons. The van der Waals surface area contributed by atoms with Crippen LogP contribution in [0.1, 0.15) is 37.7 Å². The van der Waals surface area contributed by atoms with Gasteiger partial charge < -0.3 is 20.2 Å². The van der Waals surface area contributed by atoms with Gasteiger partial charge in [-0.05, 0) is 24.8 Å². The van der Waals surface area contributed by atoms with E-state index in [-0.39, 0.29) is 25.9 Å². The molecular weight excluding hydrogens is 382 g/mol. The van der Waals surface area contributed by atoms with Crippen molar-refractivity contribution in [1.29, 1.82) is 0 Å². The summed E-state index contributed by atoms with van der Waals surface area (Å²) in [5.74, 6) is -2.08. The van der Waals surface area contributed by atoms with Crippen molar-refractivity contribution in [1.82, 2.24) is 15.7 Å².